The Morgan fingerprint density at radius 3 is 1.27 bits per heavy atom. The molecular formula is C103H147N15O17. The number of nitrogens with one attached hydrogen (secondary N) is 5. The number of ketones is 1. The molecule has 0 aliphatic heterocycles. The van der Waals surface area contributed by atoms with E-state index < -0.39 is 52.7 Å². The van der Waals surface area contributed by atoms with Crippen molar-refractivity contribution in [1.29, 1.82) is 0 Å². The molecule has 6 amide bonds. The number of carbonyl (C=O) groups is 10. The number of Topliss-reactive ketones (excluding diaryl/α,β-unsaturated/α-hetero) is 1. The van der Waals surface area contributed by atoms with E-state index in [-0.39, 0.29) is 102 Å². The molecule has 2 aromatic heterocycles. The fraction of sp³-hybridized carbons (Fsp3) is 0.612. The van der Waals surface area contributed by atoms with Gasteiger partial charge >= 0.3 is 17.9 Å². The Morgan fingerprint density at radius 1 is 0.474 bits per heavy atom. The third-order valence-electron chi connectivity index (χ3n) is 30.0. The summed E-state index contributed by atoms with van der Waals surface area (Å²) >= 11 is 0. The largest absolute Gasteiger partial charge is 0.496 e. The summed E-state index contributed by atoms with van der Waals surface area (Å²) in [6.07, 6.45) is 15.7. The van der Waals surface area contributed by atoms with Gasteiger partial charge in [-0.05, 0) is 325 Å². The summed E-state index contributed by atoms with van der Waals surface area (Å²) in [5.41, 5.74) is 9.21. The van der Waals surface area contributed by atoms with E-state index in [2.05, 4.69) is 62.3 Å². The number of ether oxygens (including phenoxy) is 4. The Kier molecular flexibility index (Phi) is 35.8. The van der Waals surface area contributed by atoms with E-state index in [9.17, 15) is 58.2 Å². The highest BCUT2D eigenvalue weighted by atomic mass is 16.5. The first-order valence-electron chi connectivity index (χ1n) is 49.0. The molecule has 6 aromatic rings. The molecule has 2 heterocycles. The molecule has 32 nitrogen and oxygen atoms in total. The number of benzene rings is 4. The van der Waals surface area contributed by atoms with Gasteiger partial charge in [0.05, 0.1) is 81.3 Å². The Balaban J connectivity index is 0.570. The minimum atomic E-state index is -1.40. The van der Waals surface area contributed by atoms with Gasteiger partial charge in [0, 0.05) is 70.4 Å². The first-order valence-corrected chi connectivity index (χ1v) is 49.0. The van der Waals surface area contributed by atoms with Crippen molar-refractivity contribution in [3.63, 3.8) is 0 Å². The number of carboxylic acid groups (broad SMARTS) is 3. The van der Waals surface area contributed by atoms with Crippen LogP contribution < -0.4 is 51.3 Å². The molecule has 0 spiro atoms. The lowest BCUT2D eigenvalue weighted by molar-refractivity contribution is -0.164. The van der Waals surface area contributed by atoms with Gasteiger partial charge in [0.2, 0.25) is 11.8 Å². The molecule has 8 aliphatic carbocycles. The number of carbonyl (C=O) groups excluding carboxylic acids is 7. The first kappa shape index (κ1) is 103. The van der Waals surface area contributed by atoms with Crippen LogP contribution in [0.2, 0.25) is 0 Å². The van der Waals surface area contributed by atoms with Crippen LogP contribution >= 0.6 is 0 Å². The van der Waals surface area contributed by atoms with Crippen LogP contribution in [-0.4, -0.2) is 271 Å². The number of methoxy groups -OCH3 is 4. The molecule has 4 aromatic carbocycles. The van der Waals surface area contributed by atoms with Crippen molar-refractivity contribution in [2.75, 3.05) is 136 Å². The quantitative estimate of drug-likeness (QED) is 0.0126. The minimum Gasteiger partial charge on any atom is -0.496 e. The number of nitrogens with two attached hydrogens (primary N) is 1. The van der Waals surface area contributed by atoms with E-state index in [4.69, 9.17) is 40.0 Å². The molecule has 135 heavy (non-hydrogen) atoms. The second-order valence-corrected chi connectivity index (χ2v) is 40.1. The molecule has 3 unspecified atom stereocenters. The molecule has 3 atom stereocenters. The molecule has 8 bridgehead atoms. The van der Waals surface area contributed by atoms with Crippen LogP contribution in [0.1, 0.15) is 247 Å². The van der Waals surface area contributed by atoms with Crippen LogP contribution in [0.4, 0.5) is 0 Å². The van der Waals surface area contributed by atoms with Gasteiger partial charge in [-0.3, -0.25) is 48.6 Å². The number of unbranched alkanes of at least 4 members (excludes halogenated alkanes) is 2. The topological polar surface area (TPSA) is 406 Å². The zero-order chi connectivity index (χ0) is 97.3. The third kappa shape index (κ3) is 24.4. The summed E-state index contributed by atoms with van der Waals surface area (Å²) in [5.74, 6) is -2.76. The van der Waals surface area contributed by atoms with Crippen LogP contribution in [0.25, 0.3) is 33.9 Å². The van der Waals surface area contributed by atoms with Crippen LogP contribution in [0.5, 0.6) is 23.0 Å². The summed E-state index contributed by atoms with van der Waals surface area (Å²) in [5, 5.41) is 56.6. The minimum absolute atomic E-state index is 0.0212. The average Bonchev–Trinajstić information content (AvgIpc) is 1.19. The lowest BCUT2D eigenvalue weighted by atomic mass is 9.48. The maximum Gasteiger partial charge on any atom is 0.330 e. The van der Waals surface area contributed by atoms with Gasteiger partial charge in [-0.25, -0.2) is 19.0 Å². The number of aromatic nitrogens is 4. The molecule has 8 saturated carbocycles. The standard InChI is InChI=1S/C103H147N15O17/c1-63(2)77-57-70(32-34-82(77)117-84(93-87(132-11)28-19-29-88(93)133-12)59-80(110-117)96(124)108-102(100(128)129)72-49-66-47-67(51-72)52-73(102)50-66)98(126)115(9)45-23-42-112(6)40-21-25-65(5)76(26-15-18-39-106-91(120)36-37-92(121)122)86(119)61-107-79(95(104)123)27-16-17-38-105-62-114(8)44-22-41-113(7)43-24-46-116(10)99(127)71-33-35-83(78(58-71)64(3)4)118-85(94-89(134-13)30-20-31-90(94)135-14)60-81(111-118)97(125)109-103(101(130)131)74-53-68-48-69(55-74)56-75(103)54-68/h19-20,28-35,57-60,63-69,72-76,79,105,107H,15-18,21-27,36-56,61-62H2,1-14H3,(H2,104,123)(H,106,120)(H,108,124)(H,109,125)(H,121,122)(H,128,129)(H,130,131). The second kappa shape index (κ2) is 46.8. The Hall–Kier alpha value is -10.8. The fourth-order valence-electron chi connectivity index (χ4n) is 23.1. The van der Waals surface area contributed by atoms with Crippen molar-refractivity contribution >= 4 is 59.1 Å². The predicted octanol–water partition coefficient (Wildman–Crippen LogP) is 12.4. The summed E-state index contributed by atoms with van der Waals surface area (Å²) in [6.45, 7) is 16.8. The first-order chi connectivity index (χ1) is 64.6. The number of aliphatic carboxylic acids is 3. The molecule has 8 aliphatic rings. The maximum atomic E-state index is 14.7. The molecule has 32 heteroatoms. The van der Waals surface area contributed by atoms with Gasteiger partial charge in [0.25, 0.3) is 23.6 Å². The van der Waals surface area contributed by atoms with Crippen molar-refractivity contribution in [2.24, 2.45) is 64.9 Å². The molecule has 8 fully saturated rings. The SMILES string of the molecule is COc1cccc(OC)c1-c1cc(C(=O)NC2(C(=O)O)C3CC4CC(C3)CC2C4)nn1-c1ccc(C(=O)N(C)CCCN(C)CCCC(C)C(CCCCNC(=O)CCC(=O)O)C(=O)CNC(CCCCNCN(C)CCCN(C)CCCN(C)C(=O)c2ccc(-n3nc(C(=O)NC4(C(=O)O)C5CC6CC(C5)CC4C6)cc3-c3c(OC)cccc3OC)c(C(C)C)c2)C(N)=O)cc1C(C)C. The summed E-state index contributed by atoms with van der Waals surface area (Å²) in [7, 11) is 16.0. The van der Waals surface area contributed by atoms with Crippen molar-refractivity contribution in [1.82, 2.24) is 70.6 Å². The average molecular weight is 1870 g/mol. The van der Waals surface area contributed by atoms with Crippen LogP contribution in [0.15, 0.2) is 84.9 Å². The van der Waals surface area contributed by atoms with E-state index in [1.165, 1.54) is 0 Å². The molecule has 14 rings (SSSR count). The van der Waals surface area contributed by atoms with Gasteiger partial charge in [-0.15, -0.1) is 0 Å². The third-order valence-corrected chi connectivity index (χ3v) is 30.0. The number of rotatable bonds is 55. The Labute approximate surface area is 795 Å². The number of primary amides is 1. The second-order valence-electron chi connectivity index (χ2n) is 40.1. The highest BCUT2D eigenvalue weighted by molar-refractivity contribution is 6.00. The number of amides is 6. The van der Waals surface area contributed by atoms with Gasteiger partial charge in [-0.2, -0.15) is 10.2 Å². The van der Waals surface area contributed by atoms with E-state index in [1.54, 1.807) is 97.1 Å². The highest BCUT2D eigenvalue weighted by Gasteiger charge is 2.64. The smallest absolute Gasteiger partial charge is 0.330 e. The molecule has 0 saturated heterocycles. The van der Waals surface area contributed by atoms with Crippen LogP contribution in [0.3, 0.4) is 0 Å². The summed E-state index contributed by atoms with van der Waals surface area (Å²) in [6, 6.07) is 24.5. The van der Waals surface area contributed by atoms with Gasteiger partial charge in [0.15, 0.2) is 11.4 Å². The van der Waals surface area contributed by atoms with Crippen molar-refractivity contribution < 1.29 is 82.2 Å². The lowest BCUT2D eigenvalue weighted by Gasteiger charge is -2.59. The molecule has 736 valence electrons. The monoisotopic (exact) mass is 1870 g/mol. The number of hydrogen-bond donors (Lipinski definition) is 9. The van der Waals surface area contributed by atoms with Crippen molar-refractivity contribution in [3.8, 4) is 56.9 Å². The Bertz CT molecular complexity index is 5060. The predicted molar refractivity (Wildman–Crippen MR) is 516 cm³/mol. The number of nitrogens with zero attached hydrogens (tertiary/aromatic N) is 9. The van der Waals surface area contributed by atoms with E-state index in [1.807, 2.05) is 84.3 Å². The van der Waals surface area contributed by atoms with Gasteiger partial charge in [0.1, 0.15) is 39.9 Å². The van der Waals surface area contributed by atoms with Crippen molar-refractivity contribution in [2.45, 2.75) is 211 Å². The fourth-order valence-corrected chi connectivity index (χ4v) is 23.1. The van der Waals surface area contributed by atoms with Crippen LogP contribution in [-0.2, 0) is 28.8 Å². The van der Waals surface area contributed by atoms with E-state index in [0.29, 0.717) is 170 Å². The summed E-state index contributed by atoms with van der Waals surface area (Å²) < 4.78 is 26.9. The van der Waals surface area contributed by atoms with E-state index >= 15 is 0 Å². The molecular weight excluding hydrogens is 1720 g/mol. The Morgan fingerprint density at radius 2 is 0.874 bits per heavy atom. The number of carboxylic acids is 3. The van der Waals surface area contributed by atoms with Crippen molar-refractivity contribution in [3.05, 3.63) is 119 Å². The lowest BCUT2D eigenvalue weighted by Crippen LogP contribution is -2.70. The zero-order valence-corrected chi connectivity index (χ0v) is 81.8. The van der Waals surface area contributed by atoms with Crippen LogP contribution in [0, 0.1) is 59.2 Å². The van der Waals surface area contributed by atoms with Gasteiger partial charge < -0.3 is 80.9 Å². The normalized spacial score (nSPS) is 21.4. The zero-order valence-electron chi connectivity index (χ0n) is 81.8. The highest BCUT2D eigenvalue weighted by Crippen LogP contribution is 2.60. The molecule has 0 radical (unpaired) electrons. The molecule has 10 N–H and O–H groups in total. The van der Waals surface area contributed by atoms with E-state index in [0.717, 1.165) is 134 Å². The van der Waals surface area contributed by atoms with Gasteiger partial charge in [-0.1, -0.05) is 59.6 Å². The summed E-state index contributed by atoms with van der Waals surface area (Å²) in [4.78, 5) is 146. The maximum absolute atomic E-state index is 14.7. The number of hydrogen-bond acceptors (Lipinski definition) is 21.